The minimum Gasteiger partial charge on any atom is -0.166 e. The number of alkyl halides is 6. The van der Waals surface area contributed by atoms with Crippen LogP contribution in [-0.4, -0.2) is 6.26 Å². The van der Waals surface area contributed by atoms with Crippen molar-refractivity contribution in [1.29, 1.82) is 0 Å². The molecule has 0 saturated carbocycles. The molecule has 0 radical (unpaired) electrons. The molecule has 0 nitrogen and oxygen atoms in total. The number of thioether (sulfide) groups is 1. The van der Waals surface area contributed by atoms with Crippen molar-refractivity contribution in [3.63, 3.8) is 0 Å². The van der Waals surface area contributed by atoms with Gasteiger partial charge in [0.15, 0.2) is 0 Å². The highest BCUT2D eigenvalue weighted by atomic mass is 32.2. The van der Waals surface area contributed by atoms with Crippen molar-refractivity contribution in [3.8, 4) is 0 Å². The van der Waals surface area contributed by atoms with E-state index >= 15 is 0 Å². The average Bonchev–Trinajstić information content (AvgIpc) is 2.24. The number of rotatable bonds is 2. The summed E-state index contributed by atoms with van der Waals surface area (Å²) in [5, 5.41) is 0. The van der Waals surface area contributed by atoms with Crippen LogP contribution in [0.3, 0.4) is 0 Å². The van der Waals surface area contributed by atoms with E-state index in [1.54, 1.807) is 0 Å². The smallest absolute Gasteiger partial charge is 0.166 e. The van der Waals surface area contributed by atoms with Gasteiger partial charge in [-0.05, 0) is 30.4 Å². The van der Waals surface area contributed by atoms with Crippen LogP contribution in [0.15, 0.2) is 17.0 Å². The molecule has 102 valence electrons. The fourth-order valence-corrected chi connectivity index (χ4v) is 2.12. The van der Waals surface area contributed by atoms with Crippen LogP contribution < -0.4 is 0 Å². The van der Waals surface area contributed by atoms with Crippen LogP contribution in [0.1, 0.15) is 23.6 Å². The van der Waals surface area contributed by atoms with E-state index in [1.807, 2.05) is 0 Å². The maximum atomic E-state index is 12.8. The molecule has 0 unspecified atom stereocenters. The van der Waals surface area contributed by atoms with Crippen LogP contribution in [0.4, 0.5) is 26.3 Å². The summed E-state index contributed by atoms with van der Waals surface area (Å²) >= 11 is 0.981. The summed E-state index contributed by atoms with van der Waals surface area (Å²) in [6, 6.07) is 1.70. The van der Waals surface area contributed by atoms with Gasteiger partial charge in [0.2, 0.25) is 0 Å². The minimum atomic E-state index is -5.01. The largest absolute Gasteiger partial charge is 0.417 e. The van der Waals surface area contributed by atoms with E-state index in [4.69, 9.17) is 0 Å². The molecule has 7 heteroatoms. The summed E-state index contributed by atoms with van der Waals surface area (Å²) in [7, 11) is 0. The third kappa shape index (κ3) is 3.13. The number of benzene rings is 1. The summed E-state index contributed by atoms with van der Waals surface area (Å²) in [4.78, 5) is 0.173. The summed E-state index contributed by atoms with van der Waals surface area (Å²) in [6.07, 6.45) is -8.61. The molecule has 0 amide bonds. The van der Waals surface area contributed by atoms with E-state index in [2.05, 4.69) is 0 Å². The van der Waals surface area contributed by atoms with Crippen LogP contribution in [0, 0.1) is 0 Å². The Morgan fingerprint density at radius 1 is 1.00 bits per heavy atom. The lowest BCUT2D eigenvalue weighted by molar-refractivity contribution is -0.162. The van der Waals surface area contributed by atoms with Gasteiger partial charge in [0.1, 0.15) is 0 Å². The quantitative estimate of drug-likeness (QED) is 0.544. The third-order valence-electron chi connectivity index (χ3n) is 2.40. The molecule has 0 aliphatic carbocycles. The zero-order valence-electron chi connectivity index (χ0n) is 9.54. The average molecular weight is 288 g/mol. The molecule has 0 spiro atoms. The SMILES string of the molecule is CCc1cc(SC)cc(C(F)(F)F)c1C(F)(F)F. The van der Waals surface area contributed by atoms with Gasteiger partial charge in [-0.3, -0.25) is 0 Å². The number of hydrogen-bond donors (Lipinski definition) is 0. The first-order chi connectivity index (χ1) is 8.11. The summed E-state index contributed by atoms with van der Waals surface area (Å²) < 4.78 is 76.4. The standard InChI is InChI=1S/C11H10F6S/c1-3-6-4-7(18-2)5-8(10(12,13)14)9(6)11(15,16)17/h4-5H,3H2,1-2H3. The molecule has 0 atom stereocenters. The van der Waals surface area contributed by atoms with E-state index in [1.165, 1.54) is 13.2 Å². The molecule has 1 rings (SSSR count). The molecule has 1 aromatic carbocycles. The van der Waals surface area contributed by atoms with Gasteiger partial charge in [0, 0.05) is 4.90 Å². The highest BCUT2D eigenvalue weighted by Crippen LogP contribution is 2.43. The molecular formula is C11H10F6S. The molecule has 0 fully saturated rings. The second-order valence-corrected chi connectivity index (χ2v) is 4.44. The summed E-state index contributed by atoms with van der Waals surface area (Å²) in [5.41, 5.74) is -3.52. The van der Waals surface area contributed by atoms with E-state index < -0.39 is 23.5 Å². The van der Waals surface area contributed by atoms with Crippen molar-refractivity contribution < 1.29 is 26.3 Å². The lowest BCUT2D eigenvalue weighted by atomic mass is 9.98. The second kappa shape index (κ2) is 5.03. The molecule has 0 aliphatic heterocycles. The fraction of sp³-hybridized carbons (Fsp3) is 0.455. The highest BCUT2D eigenvalue weighted by Gasteiger charge is 2.44. The van der Waals surface area contributed by atoms with Gasteiger partial charge in [-0.15, -0.1) is 11.8 Å². The number of halogens is 6. The maximum Gasteiger partial charge on any atom is 0.417 e. The lowest BCUT2D eigenvalue weighted by Gasteiger charge is -2.19. The Balaban J connectivity index is 3.64. The Morgan fingerprint density at radius 2 is 1.56 bits per heavy atom. The van der Waals surface area contributed by atoms with Gasteiger partial charge < -0.3 is 0 Å². The fourth-order valence-electron chi connectivity index (χ4n) is 1.63. The minimum absolute atomic E-state index is 0.105. The molecule has 0 saturated heterocycles. The van der Waals surface area contributed by atoms with Crippen LogP contribution in [0.5, 0.6) is 0 Å². The topological polar surface area (TPSA) is 0 Å². The Hall–Kier alpha value is -0.850. The Morgan fingerprint density at radius 3 is 1.89 bits per heavy atom. The van der Waals surface area contributed by atoms with E-state index in [0.29, 0.717) is 6.07 Å². The summed E-state index contributed by atoms with van der Waals surface area (Å²) in [6.45, 7) is 1.40. The Kier molecular flexibility index (Phi) is 4.25. The number of hydrogen-bond acceptors (Lipinski definition) is 1. The second-order valence-electron chi connectivity index (χ2n) is 3.56. The maximum absolute atomic E-state index is 12.8. The molecular weight excluding hydrogens is 278 g/mol. The molecule has 0 aliphatic rings. The first kappa shape index (κ1) is 15.2. The molecule has 0 bridgehead atoms. The zero-order valence-corrected chi connectivity index (χ0v) is 10.4. The predicted octanol–water partition coefficient (Wildman–Crippen LogP) is 5.01. The van der Waals surface area contributed by atoms with Gasteiger partial charge in [0.25, 0.3) is 0 Å². The van der Waals surface area contributed by atoms with Crippen LogP contribution in [0.25, 0.3) is 0 Å². The number of aryl methyl sites for hydroxylation is 1. The van der Waals surface area contributed by atoms with E-state index in [-0.39, 0.29) is 16.9 Å². The van der Waals surface area contributed by atoms with Crippen LogP contribution in [-0.2, 0) is 18.8 Å². The molecule has 0 aromatic heterocycles. The van der Waals surface area contributed by atoms with E-state index in [9.17, 15) is 26.3 Å². The molecule has 0 heterocycles. The van der Waals surface area contributed by atoms with Crippen molar-refractivity contribution >= 4 is 11.8 Å². The third-order valence-corrected chi connectivity index (χ3v) is 3.11. The van der Waals surface area contributed by atoms with Crippen molar-refractivity contribution in [2.45, 2.75) is 30.6 Å². The molecule has 18 heavy (non-hydrogen) atoms. The van der Waals surface area contributed by atoms with Crippen LogP contribution >= 0.6 is 11.8 Å². The highest BCUT2D eigenvalue weighted by molar-refractivity contribution is 7.98. The monoisotopic (exact) mass is 288 g/mol. The summed E-state index contributed by atoms with van der Waals surface area (Å²) in [5.74, 6) is 0. The van der Waals surface area contributed by atoms with E-state index in [0.717, 1.165) is 17.8 Å². The zero-order chi connectivity index (χ0) is 14.1. The van der Waals surface area contributed by atoms with Crippen molar-refractivity contribution in [2.24, 2.45) is 0 Å². The first-order valence-electron chi connectivity index (χ1n) is 4.96. The van der Waals surface area contributed by atoms with Crippen molar-refractivity contribution in [1.82, 2.24) is 0 Å². The Labute approximate surface area is 104 Å². The Bertz CT molecular complexity index is 432. The molecule has 1 aromatic rings. The first-order valence-corrected chi connectivity index (χ1v) is 6.19. The van der Waals surface area contributed by atoms with Gasteiger partial charge in [-0.2, -0.15) is 26.3 Å². The van der Waals surface area contributed by atoms with Gasteiger partial charge in [-0.25, -0.2) is 0 Å². The van der Waals surface area contributed by atoms with Crippen LogP contribution in [0.2, 0.25) is 0 Å². The van der Waals surface area contributed by atoms with Crippen molar-refractivity contribution in [2.75, 3.05) is 6.26 Å². The van der Waals surface area contributed by atoms with Gasteiger partial charge in [-0.1, -0.05) is 6.92 Å². The lowest BCUT2D eigenvalue weighted by Crippen LogP contribution is -2.19. The van der Waals surface area contributed by atoms with Crippen molar-refractivity contribution in [3.05, 3.63) is 28.8 Å². The molecule has 0 N–H and O–H groups in total. The normalized spacial score (nSPS) is 12.9. The van der Waals surface area contributed by atoms with Gasteiger partial charge >= 0.3 is 12.4 Å². The predicted molar refractivity (Wildman–Crippen MR) is 57.6 cm³/mol. The van der Waals surface area contributed by atoms with Gasteiger partial charge in [0.05, 0.1) is 11.1 Å².